The van der Waals surface area contributed by atoms with Crippen LogP contribution in [0.4, 0.5) is 17.3 Å². The van der Waals surface area contributed by atoms with Crippen LogP contribution in [0.3, 0.4) is 0 Å². The summed E-state index contributed by atoms with van der Waals surface area (Å²) in [5.41, 5.74) is 2.80. The van der Waals surface area contributed by atoms with Gasteiger partial charge in [-0.1, -0.05) is 18.2 Å². The Morgan fingerprint density at radius 2 is 1.90 bits per heavy atom. The van der Waals surface area contributed by atoms with Crippen LogP contribution in [-0.4, -0.2) is 50.1 Å². The number of benzene rings is 1. The first-order valence-corrected chi connectivity index (χ1v) is 9.79. The molecule has 6 nitrogen and oxygen atoms in total. The maximum atomic E-state index is 11.4. The van der Waals surface area contributed by atoms with E-state index in [1.54, 1.807) is 6.20 Å². The SMILES string of the molecule is CCN(C)c1cccnc1N(C)C(/C=C(\C)C=O)N(C)c1cc2ccccc2[nH]1. The van der Waals surface area contributed by atoms with Crippen molar-refractivity contribution in [3.05, 3.63) is 60.3 Å². The lowest BCUT2D eigenvalue weighted by Crippen LogP contribution is -2.45. The van der Waals surface area contributed by atoms with Crippen LogP contribution in [0.25, 0.3) is 10.9 Å². The average Bonchev–Trinajstić information content (AvgIpc) is 3.20. The number of carbonyl (C=O) groups is 1. The largest absolute Gasteiger partial charge is 0.372 e. The number of aromatic amines is 1. The number of fused-ring (bicyclic) bond motifs is 1. The van der Waals surface area contributed by atoms with Crippen LogP contribution < -0.4 is 14.7 Å². The van der Waals surface area contributed by atoms with Crippen LogP contribution in [0.1, 0.15) is 13.8 Å². The van der Waals surface area contributed by atoms with Gasteiger partial charge >= 0.3 is 0 Å². The van der Waals surface area contributed by atoms with Gasteiger partial charge in [-0.05, 0) is 49.8 Å². The third-order valence-corrected chi connectivity index (χ3v) is 5.27. The Kier molecular flexibility index (Phi) is 6.22. The van der Waals surface area contributed by atoms with E-state index in [2.05, 4.69) is 62.9 Å². The normalized spacial score (nSPS) is 12.7. The summed E-state index contributed by atoms with van der Waals surface area (Å²) in [7, 11) is 6.08. The fourth-order valence-electron chi connectivity index (χ4n) is 3.40. The molecule has 29 heavy (non-hydrogen) atoms. The molecule has 1 unspecified atom stereocenters. The molecule has 1 N–H and O–H groups in total. The van der Waals surface area contributed by atoms with E-state index < -0.39 is 0 Å². The van der Waals surface area contributed by atoms with E-state index >= 15 is 0 Å². The number of anilines is 3. The summed E-state index contributed by atoms with van der Waals surface area (Å²) in [5, 5.41) is 1.15. The molecule has 152 valence electrons. The van der Waals surface area contributed by atoms with Crippen molar-refractivity contribution in [1.82, 2.24) is 9.97 Å². The zero-order valence-corrected chi connectivity index (χ0v) is 17.8. The van der Waals surface area contributed by atoms with Gasteiger partial charge in [0.25, 0.3) is 0 Å². The van der Waals surface area contributed by atoms with Crippen LogP contribution in [0.2, 0.25) is 0 Å². The van der Waals surface area contributed by atoms with Crippen LogP contribution in [0, 0.1) is 0 Å². The van der Waals surface area contributed by atoms with E-state index in [9.17, 15) is 4.79 Å². The zero-order chi connectivity index (χ0) is 21.0. The standard InChI is InChI=1S/C23H29N5O/c1-6-26(3)20-12-9-13-24-23(20)28(5)22(14-17(2)16-29)27(4)21-15-18-10-7-8-11-19(18)25-21/h7-16,22,25H,6H2,1-5H3/b17-14+. The first kappa shape index (κ1) is 20.5. The highest BCUT2D eigenvalue weighted by Crippen LogP contribution is 2.30. The van der Waals surface area contributed by atoms with Gasteiger partial charge in [0, 0.05) is 44.8 Å². The first-order valence-electron chi connectivity index (χ1n) is 9.79. The number of nitrogens with zero attached hydrogens (tertiary/aromatic N) is 4. The van der Waals surface area contributed by atoms with Crippen LogP contribution >= 0.6 is 0 Å². The van der Waals surface area contributed by atoms with E-state index in [0.717, 1.165) is 41.1 Å². The lowest BCUT2D eigenvalue weighted by Gasteiger charge is -2.36. The van der Waals surface area contributed by atoms with E-state index in [-0.39, 0.29) is 6.17 Å². The summed E-state index contributed by atoms with van der Waals surface area (Å²) in [6.07, 6.45) is 4.45. The zero-order valence-electron chi connectivity index (χ0n) is 17.8. The maximum Gasteiger partial charge on any atom is 0.153 e. The molecule has 1 aromatic carbocycles. The number of aldehydes is 1. The van der Waals surface area contributed by atoms with Crippen molar-refractivity contribution >= 4 is 34.5 Å². The molecule has 1 atom stereocenters. The minimum absolute atomic E-state index is 0.202. The molecule has 0 aliphatic heterocycles. The number of para-hydroxylation sites is 1. The third-order valence-electron chi connectivity index (χ3n) is 5.27. The number of allylic oxidation sites excluding steroid dienone is 1. The molecule has 0 spiro atoms. The highest BCUT2D eigenvalue weighted by molar-refractivity contribution is 5.84. The predicted molar refractivity (Wildman–Crippen MR) is 122 cm³/mol. The second kappa shape index (κ2) is 8.82. The van der Waals surface area contributed by atoms with Crippen molar-refractivity contribution in [2.45, 2.75) is 20.0 Å². The molecule has 0 saturated carbocycles. The van der Waals surface area contributed by atoms with Gasteiger partial charge in [-0.15, -0.1) is 0 Å². The molecular weight excluding hydrogens is 362 g/mol. The minimum atomic E-state index is -0.202. The van der Waals surface area contributed by atoms with Crippen molar-refractivity contribution in [2.24, 2.45) is 0 Å². The highest BCUT2D eigenvalue weighted by Gasteiger charge is 2.23. The number of carbonyl (C=O) groups excluding carboxylic acids is 1. The van der Waals surface area contributed by atoms with Gasteiger partial charge in [-0.2, -0.15) is 0 Å². The minimum Gasteiger partial charge on any atom is -0.372 e. The number of H-pyrrole nitrogens is 1. The van der Waals surface area contributed by atoms with Crippen molar-refractivity contribution in [3.8, 4) is 0 Å². The van der Waals surface area contributed by atoms with Crippen LogP contribution in [0.5, 0.6) is 0 Å². The monoisotopic (exact) mass is 391 g/mol. The quantitative estimate of drug-likeness (QED) is 0.356. The first-order chi connectivity index (χ1) is 14.0. The summed E-state index contributed by atoms with van der Waals surface area (Å²) in [6, 6.07) is 14.3. The fraction of sp³-hybridized carbons (Fsp3) is 0.304. The van der Waals surface area contributed by atoms with Crippen molar-refractivity contribution < 1.29 is 4.79 Å². The number of likely N-dealkylation sites (N-methyl/N-ethyl adjacent to an activating group) is 2. The number of rotatable bonds is 8. The molecule has 2 aromatic heterocycles. The van der Waals surface area contributed by atoms with E-state index in [0.29, 0.717) is 5.57 Å². The van der Waals surface area contributed by atoms with E-state index in [1.807, 2.05) is 45.3 Å². The van der Waals surface area contributed by atoms with Gasteiger partial charge in [0.15, 0.2) is 5.82 Å². The van der Waals surface area contributed by atoms with Crippen molar-refractivity contribution in [1.29, 1.82) is 0 Å². The maximum absolute atomic E-state index is 11.4. The molecule has 0 aliphatic rings. The highest BCUT2D eigenvalue weighted by atomic mass is 16.1. The Balaban J connectivity index is 2.04. The number of hydrogen-bond acceptors (Lipinski definition) is 5. The molecule has 3 rings (SSSR count). The fourth-order valence-corrected chi connectivity index (χ4v) is 3.40. The smallest absolute Gasteiger partial charge is 0.153 e. The summed E-state index contributed by atoms with van der Waals surface area (Å²) >= 11 is 0. The molecule has 0 radical (unpaired) electrons. The van der Waals surface area contributed by atoms with Gasteiger partial charge in [0.2, 0.25) is 0 Å². The number of nitrogens with one attached hydrogen (secondary N) is 1. The predicted octanol–water partition coefficient (Wildman–Crippen LogP) is 4.06. The lowest BCUT2D eigenvalue weighted by molar-refractivity contribution is -0.104. The Morgan fingerprint density at radius 3 is 2.59 bits per heavy atom. The van der Waals surface area contributed by atoms with Gasteiger partial charge in [0.1, 0.15) is 18.3 Å². The third kappa shape index (κ3) is 4.26. The van der Waals surface area contributed by atoms with Crippen LogP contribution in [0.15, 0.2) is 60.3 Å². The Morgan fingerprint density at radius 1 is 1.14 bits per heavy atom. The van der Waals surface area contributed by atoms with Crippen LogP contribution in [-0.2, 0) is 4.79 Å². The number of hydrogen-bond donors (Lipinski definition) is 1. The summed E-state index contributed by atoms with van der Waals surface area (Å²) in [4.78, 5) is 25.9. The second-order valence-electron chi connectivity index (χ2n) is 7.27. The van der Waals surface area contributed by atoms with E-state index in [4.69, 9.17) is 0 Å². The summed E-state index contributed by atoms with van der Waals surface area (Å²) in [5.74, 6) is 1.83. The Labute approximate surface area is 172 Å². The van der Waals surface area contributed by atoms with Gasteiger partial charge in [-0.3, -0.25) is 4.79 Å². The van der Waals surface area contributed by atoms with E-state index in [1.165, 1.54) is 0 Å². The second-order valence-corrected chi connectivity index (χ2v) is 7.27. The molecule has 0 amide bonds. The molecule has 6 heteroatoms. The molecule has 0 fully saturated rings. The van der Waals surface area contributed by atoms with Gasteiger partial charge in [-0.25, -0.2) is 4.98 Å². The van der Waals surface area contributed by atoms with Crippen molar-refractivity contribution in [2.75, 3.05) is 42.4 Å². The topological polar surface area (TPSA) is 55.5 Å². The molecule has 0 bridgehead atoms. The molecular formula is C23H29N5O. The average molecular weight is 392 g/mol. The Hall–Kier alpha value is -3.28. The summed E-state index contributed by atoms with van der Waals surface area (Å²) < 4.78 is 0. The number of pyridine rings is 1. The van der Waals surface area contributed by atoms with Crippen molar-refractivity contribution in [3.63, 3.8) is 0 Å². The lowest BCUT2D eigenvalue weighted by atomic mass is 10.2. The van der Waals surface area contributed by atoms with Gasteiger partial charge in [0.05, 0.1) is 5.69 Å². The molecule has 2 heterocycles. The molecule has 0 saturated heterocycles. The van der Waals surface area contributed by atoms with Gasteiger partial charge < -0.3 is 19.7 Å². The summed E-state index contributed by atoms with van der Waals surface area (Å²) in [6.45, 7) is 4.81. The number of aromatic nitrogens is 2. The Bertz CT molecular complexity index is 976. The molecule has 3 aromatic rings. The molecule has 0 aliphatic carbocycles.